The summed E-state index contributed by atoms with van der Waals surface area (Å²) in [4.78, 5) is 41.9. The second-order valence-electron chi connectivity index (χ2n) is 10.4. The quantitative estimate of drug-likeness (QED) is 0.365. The maximum atomic E-state index is 13.3. The molecule has 2 fully saturated rings. The molecule has 40 heavy (non-hydrogen) atoms. The molecule has 1 saturated heterocycles. The predicted molar refractivity (Wildman–Crippen MR) is 145 cm³/mol. The Hall–Kier alpha value is -3.66. The molecule has 4 rings (SSSR count). The van der Waals surface area contributed by atoms with Crippen molar-refractivity contribution >= 4 is 17.8 Å². The van der Waals surface area contributed by atoms with Gasteiger partial charge in [0.1, 0.15) is 6.10 Å². The fraction of sp³-hybridized carbons (Fsp3) is 0.533. The van der Waals surface area contributed by atoms with Crippen molar-refractivity contribution in [3.63, 3.8) is 0 Å². The molecule has 10 nitrogen and oxygen atoms in total. The molecule has 1 aliphatic heterocycles. The van der Waals surface area contributed by atoms with Gasteiger partial charge in [-0.3, -0.25) is 9.59 Å². The van der Waals surface area contributed by atoms with Gasteiger partial charge < -0.3 is 29.0 Å². The number of pyridine rings is 1. The summed E-state index contributed by atoms with van der Waals surface area (Å²) in [6, 6.07) is 10.7. The number of carbonyl (C=O) groups excluding carboxylic acids is 3. The molecule has 1 aromatic heterocycles. The van der Waals surface area contributed by atoms with Gasteiger partial charge in [-0.2, -0.15) is 0 Å². The number of nitrogens with zero attached hydrogens (tertiary/aromatic N) is 1. The van der Waals surface area contributed by atoms with Gasteiger partial charge in [0.15, 0.2) is 23.2 Å². The Morgan fingerprint density at radius 3 is 2.55 bits per heavy atom. The first kappa shape index (κ1) is 29.3. The van der Waals surface area contributed by atoms with Crippen molar-refractivity contribution in [2.75, 3.05) is 27.1 Å². The lowest BCUT2D eigenvalue weighted by Crippen LogP contribution is -2.46. The minimum Gasteiger partial charge on any atom is -0.493 e. The molecule has 1 aromatic carbocycles. The van der Waals surface area contributed by atoms with Crippen molar-refractivity contribution in [2.24, 2.45) is 17.8 Å². The largest absolute Gasteiger partial charge is 0.493 e. The third-order valence-electron chi connectivity index (χ3n) is 7.65. The first-order valence-electron chi connectivity index (χ1n) is 13.8. The lowest BCUT2D eigenvalue weighted by Gasteiger charge is -2.35. The summed E-state index contributed by atoms with van der Waals surface area (Å²) in [7, 11) is 1.41. The standard InChI is InChI=1S/C30H38N2O8/c1-19-26(22-11-7-8-12-22)23(15-21-9-5-4-6-10-21)16-37-17-24(30(35)40-19)32-29(34)27-28(39-18-38-20(2)33)25(36-3)13-14-31-27/h4-6,9-10,13-14,19,22-24,26H,7-8,11-12,15-18H2,1-3H3,(H,32,34)/t19-,23-,24-,26+/m0/s1. The van der Waals surface area contributed by atoms with E-state index < -0.39 is 30.7 Å². The van der Waals surface area contributed by atoms with Crippen molar-refractivity contribution in [1.82, 2.24) is 10.3 Å². The number of esters is 2. The van der Waals surface area contributed by atoms with Crippen LogP contribution < -0.4 is 14.8 Å². The Morgan fingerprint density at radius 1 is 1.10 bits per heavy atom. The van der Waals surface area contributed by atoms with E-state index in [-0.39, 0.29) is 41.7 Å². The van der Waals surface area contributed by atoms with E-state index in [1.807, 2.05) is 25.1 Å². The Labute approximate surface area is 234 Å². The maximum Gasteiger partial charge on any atom is 0.331 e. The smallest absolute Gasteiger partial charge is 0.331 e. The topological polar surface area (TPSA) is 122 Å². The molecule has 4 atom stereocenters. The molecule has 2 aliphatic rings. The van der Waals surface area contributed by atoms with Crippen LogP contribution in [-0.4, -0.2) is 62.1 Å². The molecule has 0 bridgehead atoms. The molecule has 1 N–H and O–H groups in total. The Kier molecular flexibility index (Phi) is 10.3. The van der Waals surface area contributed by atoms with E-state index >= 15 is 0 Å². The van der Waals surface area contributed by atoms with Gasteiger partial charge in [0.2, 0.25) is 6.79 Å². The Morgan fingerprint density at radius 2 is 1.85 bits per heavy atom. The van der Waals surface area contributed by atoms with Gasteiger partial charge in [0.25, 0.3) is 5.91 Å². The summed E-state index contributed by atoms with van der Waals surface area (Å²) in [5.74, 6) is -0.835. The van der Waals surface area contributed by atoms with Gasteiger partial charge >= 0.3 is 11.9 Å². The average molecular weight is 555 g/mol. The molecule has 1 aliphatic carbocycles. The first-order valence-corrected chi connectivity index (χ1v) is 13.8. The van der Waals surface area contributed by atoms with Gasteiger partial charge in [-0.15, -0.1) is 0 Å². The van der Waals surface area contributed by atoms with Gasteiger partial charge in [-0.1, -0.05) is 56.0 Å². The van der Waals surface area contributed by atoms with E-state index in [1.165, 1.54) is 44.7 Å². The second kappa shape index (κ2) is 14.1. The summed E-state index contributed by atoms with van der Waals surface area (Å²) in [5.41, 5.74) is 1.09. The number of nitrogens with one attached hydrogen (secondary N) is 1. The highest BCUT2D eigenvalue weighted by atomic mass is 16.7. The highest BCUT2D eigenvalue weighted by Crippen LogP contribution is 2.40. The molecular formula is C30H38N2O8. The lowest BCUT2D eigenvalue weighted by molar-refractivity contribution is -0.155. The molecule has 10 heteroatoms. The van der Waals surface area contributed by atoms with Crippen LogP contribution in [0.2, 0.25) is 0 Å². The molecule has 1 amide bonds. The van der Waals surface area contributed by atoms with Crippen LogP contribution in [0.3, 0.4) is 0 Å². The number of cyclic esters (lactones) is 1. The third kappa shape index (κ3) is 7.50. The number of methoxy groups -OCH3 is 1. The van der Waals surface area contributed by atoms with Crippen LogP contribution in [-0.2, 0) is 30.2 Å². The molecule has 0 unspecified atom stereocenters. The van der Waals surface area contributed by atoms with Crippen LogP contribution >= 0.6 is 0 Å². The van der Waals surface area contributed by atoms with Crippen molar-refractivity contribution in [1.29, 1.82) is 0 Å². The molecule has 1 saturated carbocycles. The maximum absolute atomic E-state index is 13.3. The molecule has 0 radical (unpaired) electrons. The van der Waals surface area contributed by atoms with Crippen molar-refractivity contribution in [3.05, 3.63) is 53.9 Å². The van der Waals surface area contributed by atoms with Gasteiger partial charge in [0.05, 0.1) is 20.3 Å². The molecule has 216 valence electrons. The van der Waals surface area contributed by atoms with Crippen molar-refractivity contribution in [3.8, 4) is 11.5 Å². The fourth-order valence-corrected chi connectivity index (χ4v) is 5.86. The zero-order chi connectivity index (χ0) is 28.5. The number of rotatable bonds is 9. The second-order valence-corrected chi connectivity index (χ2v) is 10.4. The monoisotopic (exact) mass is 554 g/mol. The minimum absolute atomic E-state index is 0.0151. The van der Waals surface area contributed by atoms with Crippen LogP contribution in [0.15, 0.2) is 42.6 Å². The zero-order valence-electron chi connectivity index (χ0n) is 23.3. The van der Waals surface area contributed by atoms with Crippen molar-refractivity contribution < 1.29 is 38.1 Å². The normalized spacial score (nSPS) is 23.7. The summed E-state index contributed by atoms with van der Waals surface area (Å²) in [6.07, 6.45) is 6.42. The summed E-state index contributed by atoms with van der Waals surface area (Å²) < 4.78 is 27.7. The summed E-state index contributed by atoms with van der Waals surface area (Å²) >= 11 is 0. The van der Waals surface area contributed by atoms with E-state index in [4.69, 9.17) is 23.7 Å². The SMILES string of the molecule is COc1ccnc(C(=O)N[C@H]2COC[C@H](Cc3ccccc3)[C@@H](C3CCCC3)[C@H](C)OC2=O)c1OCOC(C)=O. The van der Waals surface area contributed by atoms with E-state index in [9.17, 15) is 14.4 Å². The van der Waals surface area contributed by atoms with Gasteiger partial charge in [0, 0.05) is 25.1 Å². The van der Waals surface area contributed by atoms with Gasteiger partial charge in [-0.25, -0.2) is 9.78 Å². The van der Waals surface area contributed by atoms with Crippen LogP contribution in [0.25, 0.3) is 0 Å². The van der Waals surface area contributed by atoms with E-state index in [2.05, 4.69) is 22.4 Å². The van der Waals surface area contributed by atoms with Gasteiger partial charge in [-0.05, 0) is 30.7 Å². The van der Waals surface area contributed by atoms with Crippen LogP contribution in [0.4, 0.5) is 0 Å². The Bertz CT molecular complexity index is 1150. The van der Waals surface area contributed by atoms with Crippen LogP contribution in [0.1, 0.15) is 55.6 Å². The number of ether oxygens (including phenoxy) is 5. The number of hydrogen-bond donors (Lipinski definition) is 1. The minimum atomic E-state index is -1.05. The number of carbonyl (C=O) groups is 3. The van der Waals surface area contributed by atoms with E-state index in [0.717, 1.165) is 19.3 Å². The van der Waals surface area contributed by atoms with E-state index in [0.29, 0.717) is 12.5 Å². The highest BCUT2D eigenvalue weighted by Gasteiger charge is 2.40. The zero-order valence-corrected chi connectivity index (χ0v) is 23.3. The summed E-state index contributed by atoms with van der Waals surface area (Å²) in [6.45, 7) is 3.15. The molecular weight excluding hydrogens is 516 g/mol. The number of aromatic nitrogens is 1. The number of benzene rings is 1. The number of hydrogen-bond acceptors (Lipinski definition) is 9. The van der Waals surface area contributed by atoms with E-state index in [1.54, 1.807) is 0 Å². The number of amides is 1. The fourth-order valence-electron chi connectivity index (χ4n) is 5.86. The van der Waals surface area contributed by atoms with Crippen molar-refractivity contribution in [2.45, 2.75) is 58.1 Å². The first-order chi connectivity index (χ1) is 19.4. The predicted octanol–water partition coefficient (Wildman–Crippen LogP) is 3.72. The Balaban J connectivity index is 1.52. The highest BCUT2D eigenvalue weighted by molar-refractivity contribution is 5.98. The molecule has 2 aromatic rings. The molecule has 0 spiro atoms. The molecule has 2 heterocycles. The van der Waals surface area contributed by atoms with Crippen LogP contribution in [0, 0.1) is 17.8 Å². The average Bonchev–Trinajstić information content (AvgIpc) is 3.47. The lowest BCUT2D eigenvalue weighted by atomic mass is 9.75. The summed E-state index contributed by atoms with van der Waals surface area (Å²) in [5, 5.41) is 2.70. The third-order valence-corrected chi connectivity index (χ3v) is 7.65. The van der Waals surface area contributed by atoms with Crippen LogP contribution in [0.5, 0.6) is 11.5 Å².